The van der Waals surface area contributed by atoms with Crippen molar-refractivity contribution in [2.24, 2.45) is 10.7 Å². The molecule has 2 heterocycles. The molecular formula is C17H25N5. The summed E-state index contributed by atoms with van der Waals surface area (Å²) in [5.41, 5.74) is 8.35. The third-order valence-electron chi connectivity index (χ3n) is 4.34. The quantitative estimate of drug-likeness (QED) is 0.536. The van der Waals surface area contributed by atoms with Gasteiger partial charge in [-0.25, -0.2) is 4.98 Å². The van der Waals surface area contributed by atoms with Crippen molar-refractivity contribution in [3.8, 4) is 0 Å². The normalized spacial score (nSPS) is 16.4. The van der Waals surface area contributed by atoms with E-state index >= 15 is 0 Å². The van der Waals surface area contributed by atoms with Gasteiger partial charge < -0.3 is 15.2 Å². The van der Waals surface area contributed by atoms with Gasteiger partial charge in [-0.1, -0.05) is 12.1 Å². The number of rotatable bonds is 4. The van der Waals surface area contributed by atoms with Crippen molar-refractivity contribution in [1.29, 1.82) is 0 Å². The van der Waals surface area contributed by atoms with Gasteiger partial charge in [0.1, 0.15) is 5.82 Å². The summed E-state index contributed by atoms with van der Waals surface area (Å²) in [6.45, 7) is 5.88. The van der Waals surface area contributed by atoms with Crippen molar-refractivity contribution in [3.05, 3.63) is 30.1 Å². The van der Waals surface area contributed by atoms with Gasteiger partial charge in [-0.2, -0.15) is 0 Å². The van der Waals surface area contributed by atoms with E-state index in [1.54, 1.807) is 0 Å². The Balaban J connectivity index is 1.57. The van der Waals surface area contributed by atoms with Gasteiger partial charge in [0.2, 0.25) is 0 Å². The summed E-state index contributed by atoms with van der Waals surface area (Å²) < 4.78 is 2.27. The second-order valence-corrected chi connectivity index (χ2v) is 5.94. The lowest BCUT2D eigenvalue weighted by Gasteiger charge is -2.27. The molecule has 0 unspecified atom stereocenters. The third kappa shape index (κ3) is 3.24. The molecule has 0 spiro atoms. The molecule has 5 nitrogen and oxygen atoms in total. The van der Waals surface area contributed by atoms with Gasteiger partial charge in [0.15, 0.2) is 5.96 Å². The van der Waals surface area contributed by atoms with Gasteiger partial charge in [0.05, 0.1) is 11.0 Å². The number of nitrogens with zero attached hydrogens (tertiary/aromatic N) is 4. The maximum absolute atomic E-state index is 6.09. The van der Waals surface area contributed by atoms with E-state index in [-0.39, 0.29) is 0 Å². The summed E-state index contributed by atoms with van der Waals surface area (Å²) in [5.74, 6) is 1.78. The fourth-order valence-corrected chi connectivity index (χ4v) is 3.12. The highest BCUT2D eigenvalue weighted by atomic mass is 15.2. The number of piperidine rings is 1. The average molecular weight is 299 g/mol. The molecule has 0 saturated carbocycles. The highest BCUT2D eigenvalue weighted by Gasteiger charge is 2.11. The van der Waals surface area contributed by atoms with Crippen LogP contribution >= 0.6 is 0 Å². The number of nitrogens with two attached hydrogens (primary N) is 1. The van der Waals surface area contributed by atoms with Crippen LogP contribution < -0.4 is 5.73 Å². The van der Waals surface area contributed by atoms with Crippen LogP contribution in [0.4, 0.5) is 0 Å². The summed E-state index contributed by atoms with van der Waals surface area (Å²) >= 11 is 0. The van der Waals surface area contributed by atoms with Crippen LogP contribution in [-0.4, -0.2) is 40.0 Å². The van der Waals surface area contributed by atoms with E-state index in [0.717, 1.165) is 43.9 Å². The fraction of sp³-hybridized carbons (Fsp3) is 0.529. The number of aromatic nitrogens is 2. The molecule has 118 valence electrons. The number of likely N-dealkylation sites (tertiary alicyclic amines) is 1. The number of guanidine groups is 1. The Labute approximate surface area is 131 Å². The first-order valence-corrected chi connectivity index (χ1v) is 8.22. The molecule has 1 aliphatic heterocycles. The average Bonchev–Trinajstić information content (AvgIpc) is 2.88. The molecule has 1 saturated heterocycles. The van der Waals surface area contributed by atoms with Crippen LogP contribution in [0.25, 0.3) is 11.0 Å². The zero-order valence-electron chi connectivity index (χ0n) is 13.3. The third-order valence-corrected chi connectivity index (χ3v) is 4.34. The first-order valence-electron chi connectivity index (χ1n) is 8.22. The molecule has 0 aliphatic carbocycles. The van der Waals surface area contributed by atoms with Crippen molar-refractivity contribution in [1.82, 2.24) is 14.5 Å². The summed E-state index contributed by atoms with van der Waals surface area (Å²) in [6.07, 6.45) is 4.76. The number of imidazole rings is 1. The second-order valence-electron chi connectivity index (χ2n) is 5.94. The lowest BCUT2D eigenvalue weighted by molar-refractivity contribution is 0.338. The van der Waals surface area contributed by atoms with Crippen LogP contribution in [0.15, 0.2) is 29.3 Å². The molecule has 22 heavy (non-hydrogen) atoms. The van der Waals surface area contributed by atoms with Gasteiger partial charge in [-0.3, -0.25) is 4.99 Å². The van der Waals surface area contributed by atoms with Gasteiger partial charge in [0, 0.05) is 26.2 Å². The van der Waals surface area contributed by atoms with Crippen molar-refractivity contribution in [3.63, 3.8) is 0 Å². The van der Waals surface area contributed by atoms with Crippen LogP contribution in [-0.2, 0) is 6.54 Å². The molecule has 2 aromatic rings. The topological polar surface area (TPSA) is 59.4 Å². The number of aryl methyl sites for hydroxylation is 2. The molecule has 1 aliphatic rings. The van der Waals surface area contributed by atoms with E-state index in [9.17, 15) is 0 Å². The number of benzene rings is 1. The predicted molar refractivity (Wildman–Crippen MR) is 91.0 cm³/mol. The molecule has 0 amide bonds. The largest absolute Gasteiger partial charge is 0.370 e. The molecule has 1 aromatic carbocycles. The molecular weight excluding hydrogens is 274 g/mol. The van der Waals surface area contributed by atoms with Crippen LogP contribution in [0, 0.1) is 6.92 Å². The maximum Gasteiger partial charge on any atom is 0.191 e. The van der Waals surface area contributed by atoms with Crippen LogP contribution in [0.5, 0.6) is 0 Å². The van der Waals surface area contributed by atoms with Crippen molar-refractivity contribution >= 4 is 17.0 Å². The zero-order valence-corrected chi connectivity index (χ0v) is 13.3. The summed E-state index contributed by atoms with van der Waals surface area (Å²) in [7, 11) is 0. The molecule has 1 aromatic heterocycles. The van der Waals surface area contributed by atoms with Crippen molar-refractivity contribution in [2.45, 2.75) is 39.2 Å². The van der Waals surface area contributed by atoms with E-state index in [2.05, 4.69) is 44.6 Å². The van der Waals surface area contributed by atoms with E-state index in [4.69, 9.17) is 5.73 Å². The monoisotopic (exact) mass is 299 g/mol. The van der Waals surface area contributed by atoms with Crippen molar-refractivity contribution in [2.75, 3.05) is 19.6 Å². The minimum Gasteiger partial charge on any atom is -0.370 e. The van der Waals surface area contributed by atoms with Gasteiger partial charge in [-0.15, -0.1) is 0 Å². The summed E-state index contributed by atoms with van der Waals surface area (Å²) in [5, 5.41) is 0. The minimum atomic E-state index is 0.715. The molecule has 1 fully saturated rings. The standard InChI is InChI=1S/C17H25N5/c1-14-20-15-8-3-4-9-16(15)22(14)13-7-10-19-17(18)21-11-5-2-6-12-21/h3-4,8-9H,2,5-7,10-13H2,1H3,(H2,18,19). The summed E-state index contributed by atoms with van der Waals surface area (Å²) in [6, 6.07) is 8.28. The Bertz CT molecular complexity index is 652. The first-order chi connectivity index (χ1) is 10.8. The Kier molecular flexibility index (Phi) is 4.61. The molecule has 0 atom stereocenters. The molecule has 0 bridgehead atoms. The van der Waals surface area contributed by atoms with E-state index in [1.807, 2.05) is 6.07 Å². The predicted octanol–water partition coefficient (Wildman–Crippen LogP) is 2.54. The van der Waals surface area contributed by atoms with Crippen LogP contribution in [0.1, 0.15) is 31.5 Å². The van der Waals surface area contributed by atoms with Crippen LogP contribution in [0.3, 0.4) is 0 Å². The van der Waals surface area contributed by atoms with Gasteiger partial charge in [-0.05, 0) is 44.7 Å². The number of aliphatic imine (C=N–C) groups is 1. The number of hydrogen-bond acceptors (Lipinski definition) is 2. The molecule has 5 heteroatoms. The molecule has 2 N–H and O–H groups in total. The van der Waals surface area contributed by atoms with E-state index in [0.29, 0.717) is 5.96 Å². The minimum absolute atomic E-state index is 0.715. The Morgan fingerprint density at radius 2 is 2.00 bits per heavy atom. The second kappa shape index (κ2) is 6.81. The van der Waals surface area contributed by atoms with E-state index < -0.39 is 0 Å². The highest BCUT2D eigenvalue weighted by molar-refractivity contribution is 5.78. The van der Waals surface area contributed by atoms with Crippen molar-refractivity contribution < 1.29 is 0 Å². The van der Waals surface area contributed by atoms with Gasteiger partial charge >= 0.3 is 0 Å². The van der Waals surface area contributed by atoms with Gasteiger partial charge in [0.25, 0.3) is 0 Å². The number of hydrogen-bond donors (Lipinski definition) is 1. The Hall–Kier alpha value is -2.04. The molecule has 3 rings (SSSR count). The van der Waals surface area contributed by atoms with E-state index in [1.165, 1.54) is 24.8 Å². The van der Waals surface area contributed by atoms with Crippen LogP contribution in [0.2, 0.25) is 0 Å². The maximum atomic E-state index is 6.09. The lowest BCUT2D eigenvalue weighted by Crippen LogP contribution is -2.40. The Morgan fingerprint density at radius 1 is 1.23 bits per heavy atom. The first kappa shape index (κ1) is 14.9. The SMILES string of the molecule is Cc1nc2ccccc2n1CCCN=C(N)N1CCCCC1. The number of para-hydroxylation sites is 2. The zero-order chi connectivity index (χ0) is 15.4. The number of fused-ring (bicyclic) bond motifs is 1. The Morgan fingerprint density at radius 3 is 2.82 bits per heavy atom. The smallest absolute Gasteiger partial charge is 0.191 e. The lowest BCUT2D eigenvalue weighted by atomic mass is 10.1. The molecule has 0 radical (unpaired) electrons. The fourth-order valence-electron chi connectivity index (χ4n) is 3.12. The summed E-state index contributed by atoms with van der Waals surface area (Å²) in [4.78, 5) is 11.3. The highest BCUT2D eigenvalue weighted by Crippen LogP contribution is 2.15.